The second kappa shape index (κ2) is 3.34. The first-order valence-electron chi connectivity index (χ1n) is 4.23. The van der Waals surface area contributed by atoms with Gasteiger partial charge in [0, 0.05) is 6.20 Å². The van der Waals surface area contributed by atoms with Gasteiger partial charge in [-0.05, 0) is 18.1 Å². The number of nitro groups is 1. The van der Waals surface area contributed by atoms with Crippen LogP contribution in [0.25, 0.3) is 10.2 Å². The van der Waals surface area contributed by atoms with Crippen LogP contribution in [0.3, 0.4) is 0 Å². The largest absolute Gasteiger partial charge is 0.289 e. The lowest BCUT2D eigenvalue weighted by Gasteiger charge is -1.94. The summed E-state index contributed by atoms with van der Waals surface area (Å²) in [6, 6.07) is 1.84. The van der Waals surface area contributed by atoms with Crippen LogP contribution in [-0.2, 0) is 6.42 Å². The number of fused-ring (bicyclic) bond motifs is 1. The molecule has 14 heavy (non-hydrogen) atoms. The van der Waals surface area contributed by atoms with E-state index in [1.165, 1.54) is 16.7 Å². The van der Waals surface area contributed by atoms with Gasteiger partial charge < -0.3 is 0 Å². The molecule has 0 radical (unpaired) electrons. The highest BCUT2D eigenvalue weighted by atomic mass is 32.1. The SMILES string of the molecule is CCc1cnc2scc([N+](=O)[O-])c2c1. The van der Waals surface area contributed by atoms with Crippen LogP contribution < -0.4 is 0 Å². The maximum Gasteiger partial charge on any atom is 0.289 e. The van der Waals surface area contributed by atoms with Crippen LogP contribution >= 0.6 is 11.3 Å². The Bertz CT molecular complexity index is 493. The summed E-state index contributed by atoms with van der Waals surface area (Å²) >= 11 is 1.31. The van der Waals surface area contributed by atoms with Gasteiger partial charge in [-0.2, -0.15) is 0 Å². The highest BCUT2D eigenvalue weighted by molar-refractivity contribution is 7.17. The van der Waals surface area contributed by atoms with E-state index < -0.39 is 0 Å². The monoisotopic (exact) mass is 208 g/mol. The Morgan fingerprint density at radius 1 is 1.64 bits per heavy atom. The van der Waals surface area contributed by atoms with Gasteiger partial charge in [0.25, 0.3) is 5.69 Å². The van der Waals surface area contributed by atoms with E-state index in [1.54, 1.807) is 6.20 Å². The molecule has 0 fully saturated rings. The zero-order chi connectivity index (χ0) is 10.1. The minimum atomic E-state index is -0.361. The van der Waals surface area contributed by atoms with Crippen LogP contribution in [0, 0.1) is 10.1 Å². The molecule has 72 valence electrons. The van der Waals surface area contributed by atoms with Crippen LogP contribution in [0.5, 0.6) is 0 Å². The zero-order valence-corrected chi connectivity index (χ0v) is 8.37. The molecule has 4 nitrogen and oxygen atoms in total. The van der Waals surface area contributed by atoms with Crippen molar-refractivity contribution in [1.82, 2.24) is 4.98 Å². The number of hydrogen-bond acceptors (Lipinski definition) is 4. The molecule has 5 heteroatoms. The number of pyridine rings is 1. The minimum absolute atomic E-state index is 0.160. The van der Waals surface area contributed by atoms with E-state index in [1.807, 2.05) is 13.0 Å². The normalized spacial score (nSPS) is 10.6. The summed E-state index contributed by atoms with van der Waals surface area (Å²) in [6.07, 6.45) is 2.61. The molecule has 2 aromatic rings. The van der Waals surface area contributed by atoms with Crippen LogP contribution in [0.15, 0.2) is 17.6 Å². The van der Waals surface area contributed by atoms with Crippen LogP contribution in [0.4, 0.5) is 5.69 Å². The first-order chi connectivity index (χ1) is 6.72. The number of nitrogens with zero attached hydrogens (tertiary/aromatic N) is 2. The summed E-state index contributed by atoms with van der Waals surface area (Å²) in [5.74, 6) is 0. The van der Waals surface area contributed by atoms with Gasteiger partial charge in [0.1, 0.15) is 4.83 Å². The molecule has 0 aliphatic carbocycles. The molecule has 0 spiro atoms. The molecule has 0 N–H and O–H groups in total. The van der Waals surface area contributed by atoms with Gasteiger partial charge in [-0.25, -0.2) is 4.98 Å². The van der Waals surface area contributed by atoms with Gasteiger partial charge in [0.05, 0.1) is 15.7 Å². The van der Waals surface area contributed by atoms with Crippen molar-refractivity contribution in [2.75, 3.05) is 0 Å². The molecule has 0 saturated heterocycles. The summed E-state index contributed by atoms with van der Waals surface area (Å²) in [6.45, 7) is 2.00. The van der Waals surface area contributed by atoms with Crippen molar-refractivity contribution in [2.45, 2.75) is 13.3 Å². The lowest BCUT2D eigenvalue weighted by molar-refractivity contribution is -0.382. The molecule has 2 rings (SSSR count). The van der Waals surface area contributed by atoms with E-state index in [9.17, 15) is 10.1 Å². The molecular formula is C9H8N2O2S. The van der Waals surface area contributed by atoms with Gasteiger partial charge >= 0.3 is 0 Å². The fourth-order valence-electron chi connectivity index (χ4n) is 1.28. The molecule has 2 heterocycles. The van der Waals surface area contributed by atoms with Gasteiger partial charge in [-0.1, -0.05) is 6.92 Å². The second-order valence-electron chi connectivity index (χ2n) is 2.93. The zero-order valence-electron chi connectivity index (χ0n) is 7.56. The van der Waals surface area contributed by atoms with Crippen molar-refractivity contribution in [3.05, 3.63) is 33.3 Å². The Labute approximate surface area is 84.4 Å². The highest BCUT2D eigenvalue weighted by Gasteiger charge is 2.14. The summed E-state index contributed by atoms with van der Waals surface area (Å²) in [5.41, 5.74) is 1.19. The summed E-state index contributed by atoms with van der Waals surface area (Å²) in [5, 5.41) is 12.9. The number of rotatable bonds is 2. The third-order valence-corrected chi connectivity index (χ3v) is 2.96. The van der Waals surface area contributed by atoms with E-state index in [-0.39, 0.29) is 10.6 Å². The van der Waals surface area contributed by atoms with Gasteiger partial charge in [-0.3, -0.25) is 10.1 Å². The highest BCUT2D eigenvalue weighted by Crippen LogP contribution is 2.30. The average Bonchev–Trinajstić information content (AvgIpc) is 2.59. The Hall–Kier alpha value is -1.49. The van der Waals surface area contributed by atoms with Crippen molar-refractivity contribution < 1.29 is 4.92 Å². The average molecular weight is 208 g/mol. The molecule has 0 aromatic carbocycles. The Morgan fingerprint density at radius 3 is 3.07 bits per heavy atom. The quantitative estimate of drug-likeness (QED) is 0.563. The van der Waals surface area contributed by atoms with E-state index in [0.717, 1.165) is 16.8 Å². The number of aryl methyl sites for hydroxylation is 1. The standard InChI is InChI=1S/C9H8N2O2S/c1-2-6-3-7-8(11(12)13)5-14-9(7)10-4-6/h3-5H,2H2,1H3. The molecule has 0 saturated carbocycles. The molecule has 0 aliphatic rings. The molecule has 0 atom stereocenters. The molecular weight excluding hydrogens is 200 g/mol. The summed E-state index contributed by atoms with van der Waals surface area (Å²) in [4.78, 5) is 15.2. The summed E-state index contributed by atoms with van der Waals surface area (Å²) < 4.78 is 0. The molecule has 0 unspecified atom stereocenters. The first-order valence-corrected chi connectivity index (χ1v) is 5.11. The smallest absolute Gasteiger partial charge is 0.258 e. The fraction of sp³-hybridized carbons (Fsp3) is 0.222. The van der Waals surface area contributed by atoms with Crippen molar-refractivity contribution in [3.63, 3.8) is 0 Å². The van der Waals surface area contributed by atoms with Gasteiger partial charge in [0.15, 0.2) is 0 Å². The lowest BCUT2D eigenvalue weighted by atomic mass is 10.2. The van der Waals surface area contributed by atoms with Crippen molar-refractivity contribution in [2.24, 2.45) is 0 Å². The minimum Gasteiger partial charge on any atom is -0.258 e. The topological polar surface area (TPSA) is 56.0 Å². The number of thiophene rings is 1. The predicted octanol–water partition coefficient (Wildman–Crippen LogP) is 2.77. The lowest BCUT2D eigenvalue weighted by Crippen LogP contribution is -1.87. The van der Waals surface area contributed by atoms with Crippen LogP contribution in [0.1, 0.15) is 12.5 Å². The maximum absolute atomic E-state index is 10.7. The van der Waals surface area contributed by atoms with Gasteiger partial charge in [0.2, 0.25) is 0 Å². The van der Waals surface area contributed by atoms with Crippen molar-refractivity contribution in [1.29, 1.82) is 0 Å². The van der Waals surface area contributed by atoms with Gasteiger partial charge in [-0.15, -0.1) is 11.3 Å². The fourth-order valence-corrected chi connectivity index (χ4v) is 2.12. The third kappa shape index (κ3) is 1.35. The van der Waals surface area contributed by atoms with Crippen LogP contribution in [0.2, 0.25) is 0 Å². The molecule has 0 aliphatic heterocycles. The van der Waals surface area contributed by atoms with E-state index >= 15 is 0 Å². The molecule has 2 aromatic heterocycles. The number of aromatic nitrogens is 1. The van der Waals surface area contributed by atoms with E-state index in [0.29, 0.717) is 5.39 Å². The van der Waals surface area contributed by atoms with Crippen LogP contribution in [-0.4, -0.2) is 9.91 Å². The van der Waals surface area contributed by atoms with Crippen molar-refractivity contribution in [3.8, 4) is 0 Å². The Kier molecular flexibility index (Phi) is 2.17. The predicted molar refractivity (Wildman–Crippen MR) is 55.7 cm³/mol. The first kappa shape index (κ1) is 9.08. The molecule has 0 bridgehead atoms. The van der Waals surface area contributed by atoms with E-state index in [2.05, 4.69) is 4.98 Å². The Balaban J connectivity index is 2.69. The maximum atomic E-state index is 10.7. The van der Waals surface area contributed by atoms with E-state index in [4.69, 9.17) is 0 Å². The second-order valence-corrected chi connectivity index (χ2v) is 3.79. The third-order valence-electron chi connectivity index (χ3n) is 2.07. The molecule has 0 amide bonds. The Morgan fingerprint density at radius 2 is 2.43 bits per heavy atom. The van der Waals surface area contributed by atoms with Crippen molar-refractivity contribution >= 4 is 27.2 Å². The number of hydrogen-bond donors (Lipinski definition) is 0. The summed E-state index contributed by atoms with van der Waals surface area (Å²) in [7, 11) is 0.